The molecule has 1 aromatic carbocycles. The second kappa shape index (κ2) is 6.34. The summed E-state index contributed by atoms with van der Waals surface area (Å²) in [6.45, 7) is 4.60. The van der Waals surface area contributed by atoms with Gasteiger partial charge in [-0.15, -0.1) is 10.2 Å². The van der Waals surface area contributed by atoms with Crippen molar-refractivity contribution in [2.75, 3.05) is 26.4 Å². The highest BCUT2D eigenvalue weighted by molar-refractivity contribution is 5.52. The fourth-order valence-electron chi connectivity index (χ4n) is 2.37. The van der Waals surface area contributed by atoms with Gasteiger partial charge >= 0.3 is 0 Å². The molecule has 1 N–H and O–H groups in total. The van der Waals surface area contributed by atoms with E-state index in [1.54, 1.807) is 0 Å². The summed E-state index contributed by atoms with van der Waals surface area (Å²) < 4.78 is 11.1. The van der Waals surface area contributed by atoms with Crippen LogP contribution in [0.15, 0.2) is 28.7 Å². The molecule has 112 valence electrons. The van der Waals surface area contributed by atoms with Crippen molar-refractivity contribution < 1.29 is 14.3 Å². The van der Waals surface area contributed by atoms with Crippen molar-refractivity contribution in [3.63, 3.8) is 0 Å². The van der Waals surface area contributed by atoms with Crippen LogP contribution in [-0.4, -0.2) is 52.6 Å². The summed E-state index contributed by atoms with van der Waals surface area (Å²) in [5.41, 5.74) is 2.11. The molecule has 0 amide bonds. The minimum absolute atomic E-state index is 0.00604. The van der Waals surface area contributed by atoms with E-state index in [4.69, 9.17) is 9.15 Å². The van der Waals surface area contributed by atoms with Crippen molar-refractivity contribution in [1.29, 1.82) is 0 Å². The van der Waals surface area contributed by atoms with Crippen LogP contribution in [0.25, 0.3) is 11.5 Å². The van der Waals surface area contributed by atoms with Gasteiger partial charge in [-0.25, -0.2) is 0 Å². The lowest BCUT2D eigenvalue weighted by Gasteiger charge is -2.33. The molecular formula is C15H19N3O3. The fourth-order valence-corrected chi connectivity index (χ4v) is 2.37. The largest absolute Gasteiger partial charge is 0.419 e. The summed E-state index contributed by atoms with van der Waals surface area (Å²) in [7, 11) is 0. The van der Waals surface area contributed by atoms with Gasteiger partial charge in [-0.2, -0.15) is 0 Å². The Kier molecular flexibility index (Phi) is 4.28. The first kappa shape index (κ1) is 14.2. The maximum atomic E-state index is 9.36. The van der Waals surface area contributed by atoms with Crippen molar-refractivity contribution >= 4 is 0 Å². The molecule has 1 aromatic heterocycles. The third kappa shape index (κ3) is 3.29. The summed E-state index contributed by atoms with van der Waals surface area (Å²) in [5, 5.41) is 17.6. The van der Waals surface area contributed by atoms with Crippen molar-refractivity contribution in [1.82, 2.24) is 15.1 Å². The monoisotopic (exact) mass is 289 g/mol. The lowest BCUT2D eigenvalue weighted by molar-refractivity contribution is -0.0342. The van der Waals surface area contributed by atoms with Crippen LogP contribution in [0.4, 0.5) is 0 Å². The van der Waals surface area contributed by atoms with Gasteiger partial charge in [0, 0.05) is 12.1 Å². The van der Waals surface area contributed by atoms with Gasteiger partial charge in [-0.05, 0) is 19.1 Å². The van der Waals surface area contributed by atoms with Crippen LogP contribution in [0.1, 0.15) is 11.5 Å². The van der Waals surface area contributed by atoms with E-state index in [0.717, 1.165) is 12.1 Å². The van der Waals surface area contributed by atoms with E-state index >= 15 is 0 Å². The molecule has 2 aromatic rings. The molecule has 6 heteroatoms. The zero-order chi connectivity index (χ0) is 14.7. The highest BCUT2D eigenvalue weighted by Gasteiger charge is 2.24. The average Bonchev–Trinajstić information content (AvgIpc) is 2.97. The molecule has 1 aliphatic rings. The second-order valence-electron chi connectivity index (χ2n) is 5.25. The number of rotatable bonds is 4. The number of aryl methyl sites for hydroxylation is 1. The van der Waals surface area contributed by atoms with E-state index in [9.17, 15) is 5.11 Å². The Morgan fingerprint density at radius 2 is 2.10 bits per heavy atom. The van der Waals surface area contributed by atoms with Gasteiger partial charge in [0.05, 0.1) is 32.4 Å². The van der Waals surface area contributed by atoms with Gasteiger partial charge < -0.3 is 14.3 Å². The Bertz CT molecular complexity index is 582. The average molecular weight is 289 g/mol. The highest BCUT2D eigenvalue weighted by Crippen LogP contribution is 2.19. The first-order chi connectivity index (χ1) is 10.3. The van der Waals surface area contributed by atoms with Crippen LogP contribution in [0.5, 0.6) is 0 Å². The number of hydrogen-bond acceptors (Lipinski definition) is 6. The smallest absolute Gasteiger partial charge is 0.247 e. The maximum absolute atomic E-state index is 9.36. The molecule has 0 radical (unpaired) electrons. The molecule has 2 heterocycles. The van der Waals surface area contributed by atoms with Gasteiger partial charge in [0.1, 0.15) is 0 Å². The first-order valence-corrected chi connectivity index (χ1v) is 7.08. The predicted octanol–water partition coefficient (Wildman–Crippen LogP) is 1.24. The van der Waals surface area contributed by atoms with Gasteiger partial charge in [-0.3, -0.25) is 4.90 Å². The number of nitrogens with zero attached hydrogens (tertiary/aromatic N) is 3. The number of aliphatic hydroxyl groups is 1. The van der Waals surface area contributed by atoms with Gasteiger partial charge in [-0.1, -0.05) is 17.7 Å². The van der Waals surface area contributed by atoms with Crippen LogP contribution in [0, 0.1) is 6.92 Å². The summed E-state index contributed by atoms with van der Waals surface area (Å²) >= 11 is 0. The lowest BCUT2D eigenvalue weighted by atomic mass is 10.1. The Balaban J connectivity index is 1.71. The molecule has 0 saturated carbocycles. The van der Waals surface area contributed by atoms with E-state index in [1.165, 1.54) is 5.56 Å². The molecule has 1 unspecified atom stereocenters. The SMILES string of the molecule is Cc1ccc(-c2nnc(CN3CCOCC3CO)o2)cc1. The number of aromatic nitrogens is 2. The second-order valence-corrected chi connectivity index (χ2v) is 5.25. The molecule has 21 heavy (non-hydrogen) atoms. The van der Waals surface area contributed by atoms with Crippen molar-refractivity contribution in [3.05, 3.63) is 35.7 Å². The van der Waals surface area contributed by atoms with E-state index in [-0.39, 0.29) is 12.6 Å². The molecule has 0 bridgehead atoms. The number of benzene rings is 1. The number of aliphatic hydroxyl groups excluding tert-OH is 1. The molecule has 0 spiro atoms. The molecule has 1 fully saturated rings. The van der Waals surface area contributed by atoms with Crippen LogP contribution in [0.2, 0.25) is 0 Å². The van der Waals surface area contributed by atoms with Gasteiger partial charge in [0.25, 0.3) is 0 Å². The molecule has 3 rings (SSSR count). The van der Waals surface area contributed by atoms with Crippen molar-refractivity contribution in [3.8, 4) is 11.5 Å². The standard InChI is InChI=1S/C15H19N3O3/c1-11-2-4-12(5-3-11)15-17-16-14(21-15)8-18-6-7-20-10-13(18)9-19/h2-5,13,19H,6-10H2,1H3. The summed E-state index contributed by atoms with van der Waals surface area (Å²) in [5.74, 6) is 1.09. The molecule has 0 aliphatic carbocycles. The Morgan fingerprint density at radius 3 is 2.86 bits per heavy atom. The Morgan fingerprint density at radius 1 is 1.29 bits per heavy atom. The third-order valence-electron chi connectivity index (χ3n) is 3.66. The van der Waals surface area contributed by atoms with Crippen molar-refractivity contribution in [2.45, 2.75) is 19.5 Å². The zero-order valence-corrected chi connectivity index (χ0v) is 12.0. The van der Waals surface area contributed by atoms with Crippen LogP contribution < -0.4 is 0 Å². The lowest BCUT2D eigenvalue weighted by Crippen LogP contribution is -2.46. The van der Waals surface area contributed by atoms with E-state index in [2.05, 4.69) is 15.1 Å². The van der Waals surface area contributed by atoms with Crippen LogP contribution >= 0.6 is 0 Å². The molecular weight excluding hydrogens is 270 g/mol. The van der Waals surface area contributed by atoms with Crippen LogP contribution in [-0.2, 0) is 11.3 Å². The zero-order valence-electron chi connectivity index (χ0n) is 12.0. The quantitative estimate of drug-likeness (QED) is 0.913. The first-order valence-electron chi connectivity index (χ1n) is 7.08. The maximum Gasteiger partial charge on any atom is 0.247 e. The van der Waals surface area contributed by atoms with Gasteiger partial charge in [0.2, 0.25) is 11.8 Å². The summed E-state index contributed by atoms with van der Waals surface area (Å²) in [6.07, 6.45) is 0. The molecule has 1 aliphatic heterocycles. The van der Waals surface area contributed by atoms with Crippen molar-refractivity contribution in [2.24, 2.45) is 0 Å². The molecule has 1 atom stereocenters. The third-order valence-corrected chi connectivity index (χ3v) is 3.66. The topological polar surface area (TPSA) is 71.6 Å². The number of ether oxygens (including phenoxy) is 1. The fraction of sp³-hybridized carbons (Fsp3) is 0.467. The van der Waals surface area contributed by atoms with Gasteiger partial charge in [0.15, 0.2) is 0 Å². The minimum Gasteiger partial charge on any atom is -0.419 e. The minimum atomic E-state index is -0.00604. The predicted molar refractivity (Wildman–Crippen MR) is 76.6 cm³/mol. The molecule has 6 nitrogen and oxygen atoms in total. The number of morpholine rings is 1. The Hall–Kier alpha value is -1.76. The Labute approximate surface area is 123 Å². The van der Waals surface area contributed by atoms with E-state index in [1.807, 2.05) is 31.2 Å². The summed E-state index contributed by atoms with van der Waals surface area (Å²) in [6, 6.07) is 7.97. The molecule has 1 saturated heterocycles. The summed E-state index contributed by atoms with van der Waals surface area (Å²) in [4.78, 5) is 2.11. The van der Waals surface area contributed by atoms with E-state index in [0.29, 0.717) is 31.5 Å². The van der Waals surface area contributed by atoms with Crippen LogP contribution in [0.3, 0.4) is 0 Å². The van der Waals surface area contributed by atoms with E-state index < -0.39 is 0 Å². The number of hydrogen-bond donors (Lipinski definition) is 1. The normalized spacial score (nSPS) is 19.8. The highest BCUT2D eigenvalue weighted by atomic mass is 16.5.